The molecule has 0 unspecified atom stereocenters. The van der Waals surface area contributed by atoms with Gasteiger partial charge in [-0.05, 0) is 43.5 Å². The number of anilines is 1. The van der Waals surface area contributed by atoms with Crippen LogP contribution >= 0.6 is 11.3 Å². The van der Waals surface area contributed by atoms with Crippen LogP contribution in [0.3, 0.4) is 0 Å². The highest BCUT2D eigenvalue weighted by atomic mass is 32.1. The summed E-state index contributed by atoms with van der Waals surface area (Å²) in [7, 11) is 1.47. The van der Waals surface area contributed by atoms with Crippen LogP contribution in [0.2, 0.25) is 0 Å². The van der Waals surface area contributed by atoms with Crippen molar-refractivity contribution >= 4 is 17.2 Å². The molecule has 31 heavy (non-hydrogen) atoms. The van der Waals surface area contributed by atoms with E-state index < -0.39 is 5.82 Å². The summed E-state index contributed by atoms with van der Waals surface area (Å²) in [6, 6.07) is 7.36. The molecule has 10 heteroatoms. The maximum Gasteiger partial charge on any atom is 0.294 e. The molecule has 0 radical (unpaired) electrons. The first kappa shape index (κ1) is 20.1. The molecule has 3 aromatic rings. The van der Waals surface area contributed by atoms with Gasteiger partial charge in [0.25, 0.3) is 5.19 Å². The number of ether oxygens (including phenoxy) is 1. The zero-order chi connectivity index (χ0) is 21.4. The minimum Gasteiger partial charge on any atom is -0.507 e. The number of rotatable bonds is 6. The third kappa shape index (κ3) is 4.05. The Balaban J connectivity index is 1.32. The monoisotopic (exact) mass is 442 g/mol. The van der Waals surface area contributed by atoms with Crippen LogP contribution in [0.1, 0.15) is 25.7 Å². The second-order valence-electron chi connectivity index (χ2n) is 7.93. The Hall–Kier alpha value is -2.85. The molecule has 2 N–H and O–H groups in total. The summed E-state index contributed by atoms with van der Waals surface area (Å²) in [5.74, 6) is 0.166. The Morgan fingerprint density at radius 3 is 2.65 bits per heavy atom. The highest BCUT2D eigenvalue weighted by Crippen LogP contribution is 2.37. The first-order valence-corrected chi connectivity index (χ1v) is 11.2. The zero-order valence-electron chi connectivity index (χ0n) is 17.1. The number of methoxy groups -OCH3 is 1. The fraction of sp³-hybridized carbons (Fsp3) is 0.429. The van der Waals surface area contributed by atoms with Crippen LogP contribution in [-0.2, 0) is 0 Å². The van der Waals surface area contributed by atoms with Crippen molar-refractivity contribution in [2.45, 2.75) is 37.8 Å². The normalized spacial score (nSPS) is 18.9. The number of hydrogen-bond acceptors (Lipinski definition) is 9. The van der Waals surface area contributed by atoms with Crippen LogP contribution in [0.25, 0.3) is 21.8 Å². The molecule has 8 nitrogen and oxygen atoms in total. The van der Waals surface area contributed by atoms with E-state index in [2.05, 4.69) is 30.6 Å². The summed E-state index contributed by atoms with van der Waals surface area (Å²) in [4.78, 5) is 2.21. The van der Waals surface area contributed by atoms with E-state index in [0.29, 0.717) is 28.0 Å². The molecule has 2 aliphatic rings. The quantitative estimate of drug-likeness (QED) is 0.601. The molecule has 162 valence electrons. The van der Waals surface area contributed by atoms with E-state index in [1.165, 1.54) is 38.5 Å². The van der Waals surface area contributed by atoms with Crippen LogP contribution in [0.5, 0.6) is 10.9 Å². The lowest BCUT2D eigenvalue weighted by molar-refractivity contribution is 0.311. The standard InChI is InChI=1S/C21H23FN6O2S/c1-30-21-27-26-20(31-21)14-10-18(29)15(9-16(14)22)17-5-6-19(25-24-17)28-8-7-13(11-28)23-12-3-2-4-12/h5-6,9-10,12-13,23,29H,2-4,7-8,11H2,1H3/t13-/m0/s1. The second-order valence-corrected chi connectivity index (χ2v) is 8.87. The molecule has 1 aromatic carbocycles. The summed E-state index contributed by atoms with van der Waals surface area (Å²) in [5, 5.41) is 31.1. The van der Waals surface area contributed by atoms with Crippen molar-refractivity contribution in [3.8, 4) is 32.8 Å². The van der Waals surface area contributed by atoms with Gasteiger partial charge in [-0.25, -0.2) is 4.39 Å². The average Bonchev–Trinajstić information content (AvgIpc) is 3.42. The number of nitrogens with zero attached hydrogens (tertiary/aromatic N) is 5. The third-order valence-corrected chi connectivity index (χ3v) is 6.83. The van der Waals surface area contributed by atoms with Crippen LogP contribution in [0.4, 0.5) is 10.2 Å². The molecule has 1 atom stereocenters. The SMILES string of the molecule is COc1nnc(-c2cc(O)c(-c3ccc(N4CC[C@H](NC5CCC5)C4)nn3)cc2F)s1. The predicted molar refractivity (Wildman–Crippen MR) is 116 cm³/mol. The topological polar surface area (TPSA) is 96.3 Å². The average molecular weight is 443 g/mol. The molecule has 1 saturated heterocycles. The van der Waals surface area contributed by atoms with Gasteiger partial charge in [0.05, 0.1) is 18.4 Å². The van der Waals surface area contributed by atoms with E-state index in [9.17, 15) is 9.50 Å². The lowest BCUT2D eigenvalue weighted by Gasteiger charge is -2.29. The smallest absolute Gasteiger partial charge is 0.294 e. The van der Waals surface area contributed by atoms with E-state index in [1.54, 1.807) is 6.07 Å². The van der Waals surface area contributed by atoms with Gasteiger partial charge >= 0.3 is 0 Å². The van der Waals surface area contributed by atoms with Crippen molar-refractivity contribution in [1.29, 1.82) is 0 Å². The number of nitrogens with one attached hydrogen (secondary N) is 1. The van der Waals surface area contributed by atoms with Gasteiger partial charge in [0.1, 0.15) is 11.6 Å². The Kier molecular flexibility index (Phi) is 5.41. The predicted octanol–water partition coefficient (Wildman–Crippen LogP) is 3.24. The molecule has 0 amide bonds. The molecule has 1 aliphatic heterocycles. The summed E-state index contributed by atoms with van der Waals surface area (Å²) in [6.07, 6.45) is 4.96. The summed E-state index contributed by atoms with van der Waals surface area (Å²) >= 11 is 1.10. The third-order valence-electron chi connectivity index (χ3n) is 5.91. The van der Waals surface area contributed by atoms with E-state index in [1.807, 2.05) is 6.07 Å². The van der Waals surface area contributed by atoms with Crippen LogP contribution in [0.15, 0.2) is 24.3 Å². The second kappa shape index (κ2) is 8.35. The number of aromatic hydroxyl groups is 1. The van der Waals surface area contributed by atoms with Gasteiger partial charge < -0.3 is 20.1 Å². The molecule has 3 heterocycles. The molecule has 1 saturated carbocycles. The number of hydrogen-bond donors (Lipinski definition) is 2. The number of halogens is 1. The number of aromatic nitrogens is 4. The van der Waals surface area contributed by atoms with Crippen molar-refractivity contribution < 1.29 is 14.2 Å². The van der Waals surface area contributed by atoms with Crippen molar-refractivity contribution in [3.63, 3.8) is 0 Å². The van der Waals surface area contributed by atoms with Gasteiger partial charge in [0, 0.05) is 30.7 Å². The fourth-order valence-corrected chi connectivity index (χ4v) is 4.66. The van der Waals surface area contributed by atoms with E-state index in [4.69, 9.17) is 4.74 Å². The first-order valence-electron chi connectivity index (χ1n) is 10.4. The zero-order valence-corrected chi connectivity index (χ0v) is 17.9. The summed E-state index contributed by atoms with van der Waals surface area (Å²) in [6.45, 7) is 1.84. The lowest BCUT2D eigenvalue weighted by Crippen LogP contribution is -2.43. The Bertz CT molecular complexity index is 1070. The fourth-order valence-electron chi connectivity index (χ4n) is 3.98. The van der Waals surface area contributed by atoms with Gasteiger partial charge in [-0.1, -0.05) is 22.9 Å². The molecule has 1 aliphatic carbocycles. The highest BCUT2D eigenvalue weighted by molar-refractivity contribution is 7.16. The summed E-state index contributed by atoms with van der Waals surface area (Å²) < 4.78 is 19.7. The van der Waals surface area contributed by atoms with Crippen molar-refractivity contribution in [2.24, 2.45) is 0 Å². The van der Waals surface area contributed by atoms with Crippen LogP contribution in [-0.4, -0.2) is 57.8 Å². The van der Waals surface area contributed by atoms with Crippen molar-refractivity contribution in [3.05, 3.63) is 30.1 Å². The Labute approximate surface area is 183 Å². The van der Waals surface area contributed by atoms with Gasteiger partial charge in [-0.3, -0.25) is 0 Å². The van der Waals surface area contributed by atoms with Gasteiger partial charge in [0.15, 0.2) is 10.8 Å². The minimum absolute atomic E-state index is 0.0986. The first-order chi connectivity index (χ1) is 15.1. The lowest BCUT2D eigenvalue weighted by atomic mass is 9.92. The molecule has 0 bridgehead atoms. The van der Waals surface area contributed by atoms with Crippen molar-refractivity contribution in [2.75, 3.05) is 25.1 Å². The van der Waals surface area contributed by atoms with Crippen LogP contribution < -0.4 is 15.0 Å². The number of benzene rings is 1. The Morgan fingerprint density at radius 2 is 1.97 bits per heavy atom. The number of phenolic OH excluding ortho intramolecular Hbond substituents is 1. The van der Waals surface area contributed by atoms with Crippen molar-refractivity contribution in [1.82, 2.24) is 25.7 Å². The van der Waals surface area contributed by atoms with Gasteiger partial charge in [-0.15, -0.1) is 15.3 Å². The van der Waals surface area contributed by atoms with E-state index in [0.717, 1.165) is 36.7 Å². The highest BCUT2D eigenvalue weighted by Gasteiger charge is 2.28. The molecular weight excluding hydrogens is 419 g/mol. The van der Waals surface area contributed by atoms with Gasteiger partial charge in [-0.2, -0.15) is 0 Å². The summed E-state index contributed by atoms with van der Waals surface area (Å²) in [5.41, 5.74) is 0.848. The van der Waals surface area contributed by atoms with Gasteiger partial charge in [0.2, 0.25) is 0 Å². The maximum absolute atomic E-state index is 14.7. The molecule has 2 aromatic heterocycles. The number of phenols is 1. The largest absolute Gasteiger partial charge is 0.507 e. The molecule has 5 rings (SSSR count). The van der Waals surface area contributed by atoms with Crippen LogP contribution in [0, 0.1) is 5.82 Å². The van der Waals surface area contributed by atoms with E-state index in [-0.39, 0.29) is 16.9 Å². The van der Waals surface area contributed by atoms with E-state index >= 15 is 0 Å². The maximum atomic E-state index is 14.7. The Morgan fingerprint density at radius 1 is 1.10 bits per heavy atom. The minimum atomic E-state index is -0.526. The molecular formula is C21H23FN6O2S. The molecule has 0 spiro atoms. The molecule has 2 fully saturated rings.